The molecule has 1 fully saturated rings. The third-order valence-corrected chi connectivity index (χ3v) is 5.49. The summed E-state index contributed by atoms with van der Waals surface area (Å²) in [6, 6.07) is 6.29. The van der Waals surface area contributed by atoms with E-state index in [1.54, 1.807) is 11.3 Å². The first-order valence-electron chi connectivity index (χ1n) is 8.37. The Hall–Kier alpha value is -2.05. The number of hydrogen-bond acceptors (Lipinski definition) is 5. The Kier molecular flexibility index (Phi) is 4.40. The molecule has 24 heavy (non-hydrogen) atoms. The molecule has 0 aromatic carbocycles. The molecule has 1 aliphatic heterocycles. The fourth-order valence-corrected chi connectivity index (χ4v) is 4.20. The van der Waals surface area contributed by atoms with Crippen molar-refractivity contribution in [1.82, 2.24) is 25.1 Å². The molecule has 1 saturated heterocycles. The van der Waals surface area contributed by atoms with Gasteiger partial charge in [0.05, 0.1) is 16.8 Å². The summed E-state index contributed by atoms with van der Waals surface area (Å²) in [6.45, 7) is 5.08. The molecule has 1 N–H and O–H groups in total. The number of aryl methyl sites for hydroxylation is 1. The summed E-state index contributed by atoms with van der Waals surface area (Å²) in [4.78, 5) is 12.6. The summed E-state index contributed by atoms with van der Waals surface area (Å²) in [7, 11) is 0. The third kappa shape index (κ3) is 3.25. The van der Waals surface area contributed by atoms with Gasteiger partial charge in [0.2, 0.25) is 0 Å². The second kappa shape index (κ2) is 6.83. The van der Waals surface area contributed by atoms with Crippen molar-refractivity contribution in [3.8, 4) is 10.6 Å². The molecule has 4 heterocycles. The van der Waals surface area contributed by atoms with Crippen molar-refractivity contribution in [1.29, 1.82) is 0 Å². The van der Waals surface area contributed by atoms with Crippen LogP contribution in [0.25, 0.3) is 10.6 Å². The standard InChI is InChI=1S/C18H21N5S/c1-13-19-7-6-16(21-13)14-4-2-8-23(11-14)12-15-10-20-22-18(15)17-5-3-9-24-17/h3,5-7,9-10,14H,2,4,8,11-12H2,1H3,(H,20,22)/t14-/m0/s1. The lowest BCUT2D eigenvalue weighted by Crippen LogP contribution is -2.34. The van der Waals surface area contributed by atoms with Crippen LogP contribution in [0.4, 0.5) is 0 Å². The first kappa shape index (κ1) is 15.5. The molecule has 3 aromatic rings. The molecule has 0 bridgehead atoms. The monoisotopic (exact) mass is 339 g/mol. The van der Waals surface area contributed by atoms with E-state index in [-0.39, 0.29) is 0 Å². The minimum atomic E-state index is 0.498. The van der Waals surface area contributed by atoms with Gasteiger partial charge in [0, 0.05) is 36.5 Å². The maximum atomic E-state index is 4.63. The number of thiophene rings is 1. The first-order chi connectivity index (χ1) is 11.8. The second-order valence-corrected chi connectivity index (χ2v) is 7.30. The molecule has 0 saturated carbocycles. The van der Waals surface area contributed by atoms with E-state index in [1.165, 1.54) is 29.0 Å². The summed E-state index contributed by atoms with van der Waals surface area (Å²) >= 11 is 1.75. The van der Waals surface area contributed by atoms with Crippen LogP contribution in [0.3, 0.4) is 0 Å². The second-order valence-electron chi connectivity index (χ2n) is 6.35. The Morgan fingerprint density at radius 3 is 3.17 bits per heavy atom. The van der Waals surface area contributed by atoms with E-state index in [0.29, 0.717) is 5.92 Å². The van der Waals surface area contributed by atoms with Gasteiger partial charge in [-0.05, 0) is 43.8 Å². The zero-order chi connectivity index (χ0) is 16.4. The highest BCUT2D eigenvalue weighted by atomic mass is 32.1. The largest absolute Gasteiger partial charge is 0.298 e. The lowest BCUT2D eigenvalue weighted by molar-refractivity contribution is 0.198. The molecule has 0 unspecified atom stereocenters. The predicted octanol–water partition coefficient (Wildman–Crippen LogP) is 3.62. The van der Waals surface area contributed by atoms with Gasteiger partial charge in [-0.25, -0.2) is 9.97 Å². The number of rotatable bonds is 4. The highest BCUT2D eigenvalue weighted by Gasteiger charge is 2.23. The van der Waals surface area contributed by atoms with E-state index >= 15 is 0 Å². The minimum Gasteiger partial charge on any atom is -0.298 e. The SMILES string of the molecule is Cc1nccc([C@H]2CCCN(Cc3cn[nH]c3-c3cccs3)C2)n1. The van der Waals surface area contributed by atoms with Crippen LogP contribution in [0.5, 0.6) is 0 Å². The van der Waals surface area contributed by atoms with Gasteiger partial charge in [-0.3, -0.25) is 10.00 Å². The molecular formula is C18H21N5S. The molecule has 124 valence electrons. The fraction of sp³-hybridized carbons (Fsp3) is 0.389. The quantitative estimate of drug-likeness (QED) is 0.789. The van der Waals surface area contributed by atoms with E-state index in [1.807, 2.05) is 19.3 Å². The van der Waals surface area contributed by atoms with Gasteiger partial charge in [-0.15, -0.1) is 11.3 Å². The van der Waals surface area contributed by atoms with Crippen LogP contribution in [0, 0.1) is 6.92 Å². The molecule has 6 heteroatoms. The molecule has 0 amide bonds. The average Bonchev–Trinajstić information content (AvgIpc) is 3.26. The van der Waals surface area contributed by atoms with Gasteiger partial charge in [-0.2, -0.15) is 5.10 Å². The van der Waals surface area contributed by atoms with Gasteiger partial charge >= 0.3 is 0 Å². The highest BCUT2D eigenvalue weighted by molar-refractivity contribution is 7.13. The number of aromatic nitrogens is 4. The van der Waals surface area contributed by atoms with Crippen molar-refractivity contribution in [2.75, 3.05) is 13.1 Å². The van der Waals surface area contributed by atoms with Gasteiger partial charge in [-0.1, -0.05) is 6.07 Å². The maximum Gasteiger partial charge on any atom is 0.125 e. The number of aromatic amines is 1. The molecule has 1 aliphatic rings. The third-order valence-electron chi connectivity index (χ3n) is 4.60. The molecule has 0 aliphatic carbocycles. The number of nitrogens with zero attached hydrogens (tertiary/aromatic N) is 4. The summed E-state index contributed by atoms with van der Waals surface area (Å²) in [5.74, 6) is 1.36. The van der Waals surface area contributed by atoms with Crippen molar-refractivity contribution in [2.24, 2.45) is 0 Å². The van der Waals surface area contributed by atoms with Gasteiger partial charge in [0.25, 0.3) is 0 Å². The van der Waals surface area contributed by atoms with Crippen LogP contribution < -0.4 is 0 Å². The van der Waals surface area contributed by atoms with Crippen molar-refractivity contribution in [3.05, 3.63) is 53.1 Å². The van der Waals surface area contributed by atoms with Crippen LogP contribution >= 0.6 is 11.3 Å². The van der Waals surface area contributed by atoms with E-state index in [2.05, 4.69) is 48.6 Å². The Morgan fingerprint density at radius 1 is 1.38 bits per heavy atom. The summed E-state index contributed by atoms with van der Waals surface area (Å²) in [6.07, 6.45) is 6.26. The van der Waals surface area contributed by atoms with Crippen molar-refractivity contribution >= 4 is 11.3 Å². The Labute approximate surface area is 145 Å². The van der Waals surface area contributed by atoms with Gasteiger partial charge in [0.15, 0.2) is 0 Å². The smallest absolute Gasteiger partial charge is 0.125 e. The average molecular weight is 339 g/mol. The number of piperidine rings is 1. The van der Waals surface area contributed by atoms with Crippen molar-refractivity contribution < 1.29 is 0 Å². The van der Waals surface area contributed by atoms with E-state index in [9.17, 15) is 0 Å². The lowest BCUT2D eigenvalue weighted by atomic mass is 9.94. The van der Waals surface area contributed by atoms with Crippen molar-refractivity contribution in [3.63, 3.8) is 0 Å². The van der Waals surface area contributed by atoms with E-state index in [0.717, 1.165) is 31.2 Å². The fourth-order valence-electron chi connectivity index (χ4n) is 3.45. The summed E-state index contributed by atoms with van der Waals surface area (Å²) in [5.41, 5.74) is 3.61. The predicted molar refractivity (Wildman–Crippen MR) is 95.9 cm³/mol. The Bertz CT molecular complexity index is 795. The molecular weight excluding hydrogens is 318 g/mol. The van der Waals surface area contributed by atoms with Crippen LogP contribution in [0.1, 0.15) is 35.8 Å². The molecule has 3 aromatic heterocycles. The van der Waals surface area contributed by atoms with E-state index < -0.39 is 0 Å². The zero-order valence-electron chi connectivity index (χ0n) is 13.8. The number of likely N-dealkylation sites (tertiary alicyclic amines) is 1. The van der Waals surface area contributed by atoms with Crippen LogP contribution in [0.2, 0.25) is 0 Å². The Morgan fingerprint density at radius 2 is 2.33 bits per heavy atom. The topological polar surface area (TPSA) is 57.7 Å². The molecule has 4 rings (SSSR count). The van der Waals surface area contributed by atoms with Gasteiger partial charge < -0.3 is 0 Å². The molecule has 1 atom stereocenters. The minimum absolute atomic E-state index is 0.498. The normalized spacial score (nSPS) is 18.8. The molecule has 0 spiro atoms. The molecule has 0 radical (unpaired) electrons. The van der Waals surface area contributed by atoms with Crippen LogP contribution in [-0.4, -0.2) is 38.2 Å². The number of H-pyrrole nitrogens is 1. The van der Waals surface area contributed by atoms with E-state index in [4.69, 9.17) is 0 Å². The summed E-state index contributed by atoms with van der Waals surface area (Å²) in [5, 5.41) is 9.53. The number of hydrogen-bond donors (Lipinski definition) is 1. The first-order valence-corrected chi connectivity index (χ1v) is 9.25. The number of nitrogens with one attached hydrogen (secondary N) is 1. The van der Waals surface area contributed by atoms with Crippen LogP contribution in [-0.2, 0) is 6.54 Å². The highest BCUT2D eigenvalue weighted by Crippen LogP contribution is 2.30. The van der Waals surface area contributed by atoms with Crippen molar-refractivity contribution in [2.45, 2.75) is 32.2 Å². The molecule has 5 nitrogen and oxygen atoms in total. The zero-order valence-corrected chi connectivity index (χ0v) is 14.6. The lowest BCUT2D eigenvalue weighted by Gasteiger charge is -2.32. The summed E-state index contributed by atoms with van der Waals surface area (Å²) < 4.78 is 0. The van der Waals surface area contributed by atoms with Crippen LogP contribution in [0.15, 0.2) is 36.0 Å². The van der Waals surface area contributed by atoms with Gasteiger partial charge in [0.1, 0.15) is 5.82 Å². The maximum absolute atomic E-state index is 4.63. The Balaban J connectivity index is 1.49.